The summed E-state index contributed by atoms with van der Waals surface area (Å²) in [5.74, 6) is 0.00859. The molecule has 2 aromatic carbocycles. The molecule has 1 fully saturated rings. The van der Waals surface area contributed by atoms with Gasteiger partial charge in [0.05, 0.1) is 13.2 Å². The lowest BCUT2D eigenvalue weighted by Gasteiger charge is -2.28. The van der Waals surface area contributed by atoms with Crippen molar-refractivity contribution < 1.29 is 9.53 Å². The van der Waals surface area contributed by atoms with Gasteiger partial charge in [-0.2, -0.15) is 0 Å². The molecule has 0 aliphatic carbocycles. The smallest absolute Gasteiger partial charge is 0.185 e. The third-order valence-electron chi connectivity index (χ3n) is 3.85. The second kappa shape index (κ2) is 7.57. The van der Waals surface area contributed by atoms with E-state index < -0.39 is 0 Å². The molecule has 1 heterocycles. The minimum Gasteiger partial charge on any atom is -0.378 e. The zero-order chi connectivity index (χ0) is 16.1. The van der Waals surface area contributed by atoms with Crippen molar-refractivity contribution in [1.82, 2.24) is 0 Å². The highest BCUT2D eigenvalue weighted by atomic mass is 79.9. The number of rotatable bonds is 4. The highest BCUT2D eigenvalue weighted by Crippen LogP contribution is 2.19. The van der Waals surface area contributed by atoms with Gasteiger partial charge in [0.15, 0.2) is 5.78 Å². The van der Waals surface area contributed by atoms with Gasteiger partial charge in [-0.3, -0.25) is 4.79 Å². The molecule has 1 saturated heterocycles. The molecule has 0 amide bonds. The number of nitrogens with zero attached hydrogens (tertiary/aromatic N) is 1. The molecule has 0 unspecified atom stereocenters. The van der Waals surface area contributed by atoms with E-state index in [1.807, 2.05) is 54.6 Å². The van der Waals surface area contributed by atoms with E-state index in [1.54, 1.807) is 6.08 Å². The molecule has 3 rings (SSSR count). The summed E-state index contributed by atoms with van der Waals surface area (Å²) >= 11 is 3.48. The van der Waals surface area contributed by atoms with Gasteiger partial charge in [-0.15, -0.1) is 0 Å². The van der Waals surface area contributed by atoms with Crippen LogP contribution in [0.5, 0.6) is 0 Å². The molecule has 0 saturated carbocycles. The number of hydrogen-bond donors (Lipinski definition) is 0. The van der Waals surface area contributed by atoms with Crippen molar-refractivity contribution in [1.29, 1.82) is 0 Å². The fourth-order valence-corrected chi connectivity index (χ4v) is 2.95. The van der Waals surface area contributed by atoms with Crippen LogP contribution in [-0.2, 0) is 4.74 Å². The Balaban J connectivity index is 1.69. The van der Waals surface area contributed by atoms with Gasteiger partial charge in [-0.1, -0.05) is 34.1 Å². The lowest BCUT2D eigenvalue weighted by Crippen LogP contribution is -2.36. The Hall–Kier alpha value is -1.91. The first-order valence-corrected chi connectivity index (χ1v) is 8.43. The van der Waals surface area contributed by atoms with Crippen molar-refractivity contribution in [2.45, 2.75) is 0 Å². The van der Waals surface area contributed by atoms with Gasteiger partial charge in [-0.25, -0.2) is 0 Å². The van der Waals surface area contributed by atoms with Crippen LogP contribution in [0.3, 0.4) is 0 Å². The number of allylic oxidation sites excluding steroid dienone is 1. The lowest BCUT2D eigenvalue weighted by molar-refractivity contribution is 0.104. The van der Waals surface area contributed by atoms with Gasteiger partial charge in [0.1, 0.15) is 0 Å². The lowest BCUT2D eigenvalue weighted by atomic mass is 10.1. The van der Waals surface area contributed by atoms with E-state index in [0.29, 0.717) is 5.56 Å². The maximum absolute atomic E-state index is 12.3. The number of carbonyl (C=O) groups is 1. The number of ketones is 1. The molecule has 0 spiro atoms. The van der Waals surface area contributed by atoms with Crippen LogP contribution in [-0.4, -0.2) is 32.1 Å². The first-order valence-electron chi connectivity index (χ1n) is 7.64. The van der Waals surface area contributed by atoms with Crippen LogP contribution in [0, 0.1) is 0 Å². The van der Waals surface area contributed by atoms with E-state index in [-0.39, 0.29) is 5.78 Å². The molecule has 3 nitrogen and oxygen atoms in total. The van der Waals surface area contributed by atoms with E-state index in [0.717, 1.165) is 42.0 Å². The zero-order valence-electron chi connectivity index (χ0n) is 12.7. The average molecular weight is 372 g/mol. The molecule has 1 aliphatic heterocycles. The predicted octanol–water partition coefficient (Wildman–Crippen LogP) is 4.18. The van der Waals surface area contributed by atoms with Crippen molar-refractivity contribution >= 4 is 33.5 Å². The van der Waals surface area contributed by atoms with Gasteiger partial charge in [0.25, 0.3) is 0 Å². The molecule has 0 N–H and O–H groups in total. The van der Waals surface area contributed by atoms with Crippen molar-refractivity contribution in [2.75, 3.05) is 31.2 Å². The summed E-state index contributed by atoms with van der Waals surface area (Å²) in [5.41, 5.74) is 2.83. The third-order valence-corrected chi connectivity index (χ3v) is 4.57. The number of halogens is 1. The van der Waals surface area contributed by atoms with E-state index in [2.05, 4.69) is 20.8 Å². The highest BCUT2D eigenvalue weighted by molar-refractivity contribution is 9.10. The van der Waals surface area contributed by atoms with Crippen LogP contribution in [0.1, 0.15) is 15.9 Å². The van der Waals surface area contributed by atoms with Crippen molar-refractivity contribution in [3.05, 3.63) is 70.2 Å². The number of carbonyl (C=O) groups excluding carboxylic acids is 1. The minimum absolute atomic E-state index is 0.00859. The second-order valence-electron chi connectivity index (χ2n) is 5.37. The van der Waals surface area contributed by atoms with E-state index >= 15 is 0 Å². The van der Waals surface area contributed by atoms with E-state index in [4.69, 9.17) is 4.74 Å². The molecule has 2 aromatic rings. The number of anilines is 1. The van der Waals surface area contributed by atoms with Crippen LogP contribution in [0.25, 0.3) is 6.08 Å². The Labute approximate surface area is 144 Å². The van der Waals surface area contributed by atoms with Crippen LogP contribution in [0.15, 0.2) is 59.1 Å². The summed E-state index contributed by atoms with van der Waals surface area (Å²) in [6, 6.07) is 15.6. The molecular weight excluding hydrogens is 354 g/mol. The largest absolute Gasteiger partial charge is 0.378 e. The highest BCUT2D eigenvalue weighted by Gasteiger charge is 2.11. The maximum Gasteiger partial charge on any atom is 0.185 e. The quantitative estimate of drug-likeness (QED) is 0.596. The van der Waals surface area contributed by atoms with Crippen molar-refractivity contribution in [3.8, 4) is 0 Å². The summed E-state index contributed by atoms with van der Waals surface area (Å²) in [6.45, 7) is 3.31. The SMILES string of the molecule is O=C(/C=C/c1ccccc1Br)c1ccc(N2CCOCC2)cc1. The summed E-state index contributed by atoms with van der Waals surface area (Å²) < 4.78 is 6.34. The fraction of sp³-hybridized carbons (Fsp3) is 0.211. The number of ether oxygens (including phenoxy) is 1. The van der Waals surface area contributed by atoms with E-state index in [9.17, 15) is 4.79 Å². The summed E-state index contributed by atoms with van der Waals surface area (Å²) in [5, 5.41) is 0. The maximum atomic E-state index is 12.3. The summed E-state index contributed by atoms with van der Waals surface area (Å²) in [4.78, 5) is 14.6. The molecule has 23 heavy (non-hydrogen) atoms. The van der Waals surface area contributed by atoms with Crippen LogP contribution >= 0.6 is 15.9 Å². The van der Waals surface area contributed by atoms with Gasteiger partial charge in [0, 0.05) is 28.8 Å². The summed E-state index contributed by atoms with van der Waals surface area (Å²) in [6.07, 6.45) is 3.45. The molecular formula is C19H18BrNO2. The Morgan fingerprint density at radius 1 is 1.04 bits per heavy atom. The third kappa shape index (κ3) is 4.09. The topological polar surface area (TPSA) is 29.5 Å². The van der Waals surface area contributed by atoms with Crippen molar-refractivity contribution in [2.24, 2.45) is 0 Å². The molecule has 4 heteroatoms. The average Bonchev–Trinajstić information content (AvgIpc) is 2.62. The molecule has 0 bridgehead atoms. The Morgan fingerprint density at radius 3 is 2.43 bits per heavy atom. The Kier molecular flexibility index (Phi) is 5.26. The second-order valence-corrected chi connectivity index (χ2v) is 6.22. The van der Waals surface area contributed by atoms with Gasteiger partial charge >= 0.3 is 0 Å². The van der Waals surface area contributed by atoms with Gasteiger partial charge in [-0.05, 0) is 48.0 Å². The number of hydrogen-bond acceptors (Lipinski definition) is 3. The first kappa shape index (κ1) is 16.0. The molecule has 1 aliphatic rings. The molecule has 0 aromatic heterocycles. The van der Waals surface area contributed by atoms with Crippen LogP contribution in [0.4, 0.5) is 5.69 Å². The van der Waals surface area contributed by atoms with Gasteiger partial charge in [0.2, 0.25) is 0 Å². The number of benzene rings is 2. The van der Waals surface area contributed by atoms with Gasteiger partial charge < -0.3 is 9.64 Å². The predicted molar refractivity (Wildman–Crippen MR) is 97.0 cm³/mol. The number of morpholine rings is 1. The van der Waals surface area contributed by atoms with Crippen molar-refractivity contribution in [3.63, 3.8) is 0 Å². The monoisotopic (exact) mass is 371 g/mol. The van der Waals surface area contributed by atoms with E-state index in [1.165, 1.54) is 0 Å². The summed E-state index contributed by atoms with van der Waals surface area (Å²) in [7, 11) is 0. The molecule has 118 valence electrons. The minimum atomic E-state index is 0.00859. The Bertz CT molecular complexity index is 704. The first-order chi connectivity index (χ1) is 11.2. The fourth-order valence-electron chi connectivity index (χ4n) is 2.53. The zero-order valence-corrected chi connectivity index (χ0v) is 14.3. The molecule has 0 atom stereocenters. The van der Waals surface area contributed by atoms with Crippen LogP contribution < -0.4 is 4.90 Å². The van der Waals surface area contributed by atoms with Crippen LogP contribution in [0.2, 0.25) is 0 Å². The molecule has 0 radical (unpaired) electrons. The standard InChI is InChI=1S/C19H18BrNO2/c20-18-4-2-1-3-15(18)7-10-19(22)16-5-8-17(9-6-16)21-11-13-23-14-12-21/h1-10H,11-14H2/b10-7+. The normalized spacial score (nSPS) is 15.1. The Morgan fingerprint density at radius 2 is 1.74 bits per heavy atom.